The number of hydrogen-bond donors (Lipinski definition) is 3. The summed E-state index contributed by atoms with van der Waals surface area (Å²) in [5.74, 6) is -0.733. The zero-order valence-corrected chi connectivity index (χ0v) is 8.39. The van der Waals surface area contributed by atoms with Gasteiger partial charge in [0, 0.05) is 10.8 Å². The van der Waals surface area contributed by atoms with Crippen LogP contribution in [0.2, 0.25) is 0 Å². The molecule has 0 radical (unpaired) electrons. The van der Waals surface area contributed by atoms with Crippen molar-refractivity contribution < 1.29 is 9.90 Å². The van der Waals surface area contributed by atoms with E-state index in [9.17, 15) is 4.79 Å². The molecule has 74 valence electrons. The van der Waals surface area contributed by atoms with Crippen LogP contribution in [0.4, 0.5) is 0 Å². The van der Waals surface area contributed by atoms with Crippen LogP contribution in [-0.4, -0.2) is 27.9 Å². The third kappa shape index (κ3) is 1.57. The largest absolute Gasteiger partial charge is 0.480 e. The van der Waals surface area contributed by atoms with Crippen molar-refractivity contribution in [1.82, 2.24) is 5.32 Å². The van der Waals surface area contributed by atoms with Gasteiger partial charge in [-0.2, -0.15) is 12.6 Å². The average Bonchev–Trinajstić information content (AvgIpc) is 2.41. The predicted octanol–water partition coefficient (Wildman–Crippen LogP) is 1.04. The fraction of sp³-hybridized carbons (Fsp3) is 0.889. The lowest BCUT2D eigenvalue weighted by Gasteiger charge is -2.34. The molecular formula is C9H15NO2S. The van der Waals surface area contributed by atoms with Gasteiger partial charge in [0.05, 0.1) is 0 Å². The second kappa shape index (κ2) is 3.17. The monoisotopic (exact) mass is 201 g/mol. The van der Waals surface area contributed by atoms with Crippen molar-refractivity contribution in [2.24, 2.45) is 0 Å². The predicted molar refractivity (Wildman–Crippen MR) is 53.1 cm³/mol. The average molecular weight is 201 g/mol. The number of carbonyl (C=O) groups is 1. The van der Waals surface area contributed by atoms with Gasteiger partial charge in [0.15, 0.2) is 0 Å². The van der Waals surface area contributed by atoms with Gasteiger partial charge in [-0.1, -0.05) is 12.8 Å². The van der Waals surface area contributed by atoms with E-state index in [2.05, 4.69) is 17.9 Å². The van der Waals surface area contributed by atoms with Gasteiger partial charge in [-0.25, -0.2) is 0 Å². The number of carboxylic acid groups (broad SMARTS) is 1. The van der Waals surface area contributed by atoms with E-state index in [1.807, 2.05) is 0 Å². The number of hydrogen-bond acceptors (Lipinski definition) is 3. The molecule has 2 N–H and O–H groups in total. The Bertz CT molecular complexity index is 234. The molecule has 1 saturated carbocycles. The second-order valence-electron chi connectivity index (χ2n) is 4.16. The highest BCUT2D eigenvalue weighted by molar-refractivity contribution is 7.81. The van der Waals surface area contributed by atoms with E-state index in [0.717, 1.165) is 12.8 Å². The van der Waals surface area contributed by atoms with Gasteiger partial charge in [-0.15, -0.1) is 0 Å². The van der Waals surface area contributed by atoms with Gasteiger partial charge in [-0.3, -0.25) is 4.79 Å². The molecule has 13 heavy (non-hydrogen) atoms. The van der Waals surface area contributed by atoms with Crippen LogP contribution >= 0.6 is 12.6 Å². The Kier molecular flexibility index (Phi) is 2.28. The van der Waals surface area contributed by atoms with Crippen molar-refractivity contribution >= 4 is 18.6 Å². The summed E-state index contributed by atoms with van der Waals surface area (Å²) >= 11 is 4.64. The van der Waals surface area contributed by atoms with Crippen LogP contribution < -0.4 is 5.32 Å². The SMILES string of the molecule is O=C(O)C1CC2(S)CCCCC2N1. The Hall–Kier alpha value is -0.220. The smallest absolute Gasteiger partial charge is 0.320 e. The highest BCUT2D eigenvalue weighted by Gasteiger charge is 2.47. The molecule has 1 heterocycles. The van der Waals surface area contributed by atoms with Gasteiger partial charge >= 0.3 is 5.97 Å². The topological polar surface area (TPSA) is 49.3 Å². The van der Waals surface area contributed by atoms with E-state index in [-0.39, 0.29) is 10.8 Å². The Balaban J connectivity index is 2.10. The first-order valence-corrected chi connectivity index (χ1v) is 5.28. The zero-order chi connectivity index (χ0) is 9.47. The Morgan fingerprint density at radius 1 is 1.54 bits per heavy atom. The Morgan fingerprint density at radius 3 is 2.92 bits per heavy atom. The molecule has 1 aliphatic carbocycles. The highest BCUT2D eigenvalue weighted by Crippen LogP contribution is 2.42. The first-order valence-electron chi connectivity index (χ1n) is 4.83. The fourth-order valence-corrected chi connectivity index (χ4v) is 3.06. The summed E-state index contributed by atoms with van der Waals surface area (Å²) in [5, 5.41) is 12.0. The van der Waals surface area contributed by atoms with E-state index in [0.29, 0.717) is 12.5 Å². The minimum Gasteiger partial charge on any atom is -0.480 e. The summed E-state index contributed by atoms with van der Waals surface area (Å²) in [6, 6.07) is -0.0636. The van der Waals surface area contributed by atoms with Crippen LogP contribution in [-0.2, 0) is 4.79 Å². The summed E-state index contributed by atoms with van der Waals surface area (Å²) in [6.07, 6.45) is 5.20. The van der Waals surface area contributed by atoms with Crippen molar-refractivity contribution in [3.63, 3.8) is 0 Å². The van der Waals surface area contributed by atoms with Crippen molar-refractivity contribution in [2.75, 3.05) is 0 Å². The first-order chi connectivity index (χ1) is 6.12. The molecule has 1 aliphatic heterocycles. The number of thiol groups is 1. The molecule has 2 rings (SSSR count). The quantitative estimate of drug-likeness (QED) is 0.556. The molecule has 0 spiro atoms. The Labute approximate surface area is 83.3 Å². The first kappa shape index (κ1) is 9.34. The molecule has 3 unspecified atom stereocenters. The number of aliphatic carboxylic acids is 1. The van der Waals surface area contributed by atoms with Gasteiger partial charge in [0.1, 0.15) is 6.04 Å². The molecule has 0 aromatic heterocycles. The van der Waals surface area contributed by atoms with E-state index in [1.54, 1.807) is 0 Å². The highest BCUT2D eigenvalue weighted by atomic mass is 32.1. The fourth-order valence-electron chi connectivity index (χ4n) is 2.52. The van der Waals surface area contributed by atoms with Gasteiger partial charge in [0.25, 0.3) is 0 Å². The molecule has 0 amide bonds. The molecule has 1 saturated heterocycles. The van der Waals surface area contributed by atoms with Crippen molar-refractivity contribution in [2.45, 2.75) is 48.9 Å². The summed E-state index contributed by atoms with van der Waals surface area (Å²) in [7, 11) is 0. The van der Waals surface area contributed by atoms with Crippen LogP contribution in [0.5, 0.6) is 0 Å². The van der Waals surface area contributed by atoms with Crippen LogP contribution in [0.15, 0.2) is 0 Å². The normalized spacial score (nSPS) is 44.4. The molecule has 0 bridgehead atoms. The summed E-state index contributed by atoms with van der Waals surface area (Å²) in [5.41, 5.74) is 0. The number of rotatable bonds is 1. The lowest BCUT2D eigenvalue weighted by Crippen LogP contribution is -2.42. The van der Waals surface area contributed by atoms with E-state index in [4.69, 9.17) is 5.11 Å². The number of fused-ring (bicyclic) bond motifs is 1. The maximum atomic E-state index is 10.8. The van der Waals surface area contributed by atoms with Crippen molar-refractivity contribution in [3.8, 4) is 0 Å². The number of carboxylic acids is 1. The third-order valence-corrected chi connectivity index (χ3v) is 3.98. The molecular weight excluding hydrogens is 186 g/mol. The van der Waals surface area contributed by atoms with E-state index >= 15 is 0 Å². The van der Waals surface area contributed by atoms with E-state index in [1.165, 1.54) is 12.8 Å². The Morgan fingerprint density at radius 2 is 2.31 bits per heavy atom. The minimum atomic E-state index is -0.733. The number of nitrogens with one attached hydrogen (secondary N) is 1. The van der Waals surface area contributed by atoms with Gasteiger partial charge < -0.3 is 10.4 Å². The van der Waals surface area contributed by atoms with Crippen LogP contribution in [0.1, 0.15) is 32.1 Å². The summed E-state index contributed by atoms with van der Waals surface area (Å²) in [4.78, 5) is 10.8. The molecule has 3 atom stereocenters. The maximum Gasteiger partial charge on any atom is 0.320 e. The van der Waals surface area contributed by atoms with Crippen molar-refractivity contribution in [3.05, 3.63) is 0 Å². The molecule has 2 fully saturated rings. The standard InChI is InChI=1S/C9H15NO2S/c11-8(12)6-5-9(13)4-2-1-3-7(9)10-6/h6-7,10,13H,1-5H2,(H,11,12). The van der Waals surface area contributed by atoms with E-state index < -0.39 is 5.97 Å². The lowest BCUT2D eigenvalue weighted by molar-refractivity contribution is -0.139. The zero-order valence-electron chi connectivity index (χ0n) is 7.49. The van der Waals surface area contributed by atoms with Crippen LogP contribution in [0, 0.1) is 0 Å². The third-order valence-electron chi connectivity index (χ3n) is 3.26. The lowest BCUT2D eigenvalue weighted by atomic mass is 9.84. The summed E-state index contributed by atoms with van der Waals surface area (Å²) in [6.45, 7) is 0. The molecule has 3 nitrogen and oxygen atoms in total. The molecule has 0 aromatic rings. The molecule has 0 aromatic carbocycles. The van der Waals surface area contributed by atoms with Gasteiger partial charge in [0.2, 0.25) is 0 Å². The van der Waals surface area contributed by atoms with Crippen LogP contribution in [0.25, 0.3) is 0 Å². The minimum absolute atomic E-state index is 0.0543. The maximum absolute atomic E-state index is 10.8. The second-order valence-corrected chi connectivity index (χ2v) is 5.05. The summed E-state index contributed by atoms with van der Waals surface area (Å²) < 4.78 is -0.0543. The molecule has 4 heteroatoms. The molecule has 2 aliphatic rings. The van der Waals surface area contributed by atoms with Gasteiger partial charge in [-0.05, 0) is 19.3 Å². The van der Waals surface area contributed by atoms with Crippen LogP contribution in [0.3, 0.4) is 0 Å². The van der Waals surface area contributed by atoms with Crippen molar-refractivity contribution in [1.29, 1.82) is 0 Å².